The highest BCUT2D eigenvalue weighted by molar-refractivity contribution is 6.05. The maximum absolute atomic E-state index is 15.3. The Hall–Kier alpha value is -5.58. The van der Waals surface area contributed by atoms with Gasteiger partial charge in [-0.1, -0.05) is 6.07 Å². The van der Waals surface area contributed by atoms with Crippen molar-refractivity contribution in [2.24, 2.45) is 7.05 Å². The number of rotatable bonds is 6. The highest BCUT2D eigenvalue weighted by Gasteiger charge is 2.23. The molecule has 0 bridgehead atoms. The number of benzene rings is 2. The summed E-state index contributed by atoms with van der Waals surface area (Å²) in [4.78, 5) is 30.7. The molecule has 0 saturated carbocycles. The molecule has 0 saturated heterocycles. The van der Waals surface area contributed by atoms with Crippen molar-refractivity contribution in [2.75, 3.05) is 5.32 Å². The summed E-state index contributed by atoms with van der Waals surface area (Å²) in [5, 5.41) is 6.91. The van der Waals surface area contributed by atoms with Crippen LogP contribution in [-0.2, 0) is 7.05 Å². The van der Waals surface area contributed by atoms with Crippen molar-refractivity contribution in [1.29, 1.82) is 0 Å². The van der Waals surface area contributed by atoms with E-state index in [2.05, 4.69) is 15.4 Å². The van der Waals surface area contributed by atoms with E-state index < -0.39 is 23.1 Å². The standard InChI is InChI=1S/C31H24F2N6O3/c1-18-4-5-20(17-34-18)24-13-15-38-29(24)27(12-14-35-38)42-26-11-8-22(16-25(26)33)36-30(40)28-19(2)37(3)39(31(28)41)23-9-6-21(32)7-10-23/h4-17H,1-3H3,(H,36,40). The lowest BCUT2D eigenvalue weighted by Gasteiger charge is -2.11. The van der Waals surface area contributed by atoms with Gasteiger partial charge in [0.25, 0.3) is 11.5 Å². The number of nitrogens with zero attached hydrogens (tertiary/aromatic N) is 5. The molecule has 2 aromatic carbocycles. The largest absolute Gasteiger partial charge is 0.452 e. The molecular weight excluding hydrogens is 542 g/mol. The molecule has 42 heavy (non-hydrogen) atoms. The van der Waals surface area contributed by atoms with Gasteiger partial charge in [-0.15, -0.1) is 0 Å². The Morgan fingerprint density at radius 1 is 0.952 bits per heavy atom. The van der Waals surface area contributed by atoms with Crippen molar-refractivity contribution in [3.05, 3.63) is 124 Å². The third kappa shape index (κ3) is 4.70. The van der Waals surface area contributed by atoms with E-state index in [-0.39, 0.29) is 17.0 Å². The number of nitrogens with one attached hydrogen (secondary N) is 1. The number of anilines is 1. The van der Waals surface area contributed by atoms with Crippen LogP contribution in [0.5, 0.6) is 11.5 Å². The number of pyridine rings is 1. The van der Waals surface area contributed by atoms with Crippen LogP contribution in [-0.4, -0.2) is 29.9 Å². The number of carbonyl (C=O) groups excluding carboxylic acids is 1. The van der Waals surface area contributed by atoms with E-state index in [0.29, 0.717) is 22.6 Å². The van der Waals surface area contributed by atoms with Gasteiger partial charge in [-0.2, -0.15) is 5.10 Å². The number of ether oxygens (including phenoxy) is 1. The highest BCUT2D eigenvalue weighted by Crippen LogP contribution is 2.35. The molecule has 0 spiro atoms. The van der Waals surface area contributed by atoms with Crippen molar-refractivity contribution in [3.63, 3.8) is 0 Å². The summed E-state index contributed by atoms with van der Waals surface area (Å²) in [5.74, 6) is -1.56. The summed E-state index contributed by atoms with van der Waals surface area (Å²) in [5.41, 5.74) is 3.40. The van der Waals surface area contributed by atoms with Crippen LogP contribution in [0.2, 0.25) is 0 Å². The number of aromatic nitrogens is 5. The van der Waals surface area contributed by atoms with Gasteiger partial charge in [0.2, 0.25) is 0 Å². The summed E-state index contributed by atoms with van der Waals surface area (Å²) < 4.78 is 39.0. The minimum Gasteiger partial charge on any atom is -0.452 e. The van der Waals surface area contributed by atoms with Gasteiger partial charge in [0.1, 0.15) is 16.9 Å². The topological polar surface area (TPSA) is 95.5 Å². The number of hydrogen-bond donors (Lipinski definition) is 1. The zero-order valence-electron chi connectivity index (χ0n) is 22.8. The van der Waals surface area contributed by atoms with Crippen LogP contribution in [0.4, 0.5) is 14.5 Å². The molecule has 0 fully saturated rings. The molecule has 6 rings (SSSR count). The fourth-order valence-electron chi connectivity index (χ4n) is 4.77. The Kier molecular flexibility index (Phi) is 6.62. The van der Waals surface area contributed by atoms with Gasteiger partial charge < -0.3 is 10.1 Å². The smallest absolute Gasteiger partial charge is 0.284 e. The molecule has 6 aromatic rings. The molecule has 1 N–H and O–H groups in total. The highest BCUT2D eigenvalue weighted by atomic mass is 19.1. The molecule has 4 aromatic heterocycles. The monoisotopic (exact) mass is 566 g/mol. The molecule has 0 aliphatic carbocycles. The minimum atomic E-state index is -0.721. The van der Waals surface area contributed by atoms with Crippen LogP contribution < -0.4 is 15.6 Å². The Morgan fingerprint density at radius 3 is 2.45 bits per heavy atom. The lowest BCUT2D eigenvalue weighted by atomic mass is 10.1. The molecule has 0 aliphatic heterocycles. The molecule has 11 heteroatoms. The number of halogens is 2. The van der Waals surface area contributed by atoms with Gasteiger partial charge in [0, 0.05) is 54.1 Å². The van der Waals surface area contributed by atoms with Gasteiger partial charge in [-0.05, 0) is 62.4 Å². The lowest BCUT2D eigenvalue weighted by molar-refractivity contribution is 0.102. The number of carbonyl (C=O) groups is 1. The number of amides is 1. The summed E-state index contributed by atoms with van der Waals surface area (Å²) in [7, 11) is 1.62. The molecule has 0 radical (unpaired) electrons. The third-order valence-corrected chi connectivity index (χ3v) is 7.00. The predicted octanol–water partition coefficient (Wildman–Crippen LogP) is 5.83. The minimum absolute atomic E-state index is 0.0650. The summed E-state index contributed by atoms with van der Waals surface area (Å²) in [6.45, 7) is 3.52. The second-order valence-corrected chi connectivity index (χ2v) is 9.69. The number of aryl methyl sites for hydroxylation is 1. The first kappa shape index (κ1) is 26.6. The number of hydrogen-bond acceptors (Lipinski definition) is 5. The van der Waals surface area contributed by atoms with Gasteiger partial charge in [-0.3, -0.25) is 19.3 Å². The van der Waals surface area contributed by atoms with E-state index >= 15 is 4.39 Å². The zero-order chi connectivity index (χ0) is 29.5. The molecule has 0 atom stereocenters. The van der Waals surface area contributed by atoms with Gasteiger partial charge in [0.05, 0.1) is 17.6 Å². The normalized spacial score (nSPS) is 11.2. The average molecular weight is 567 g/mol. The van der Waals surface area contributed by atoms with Crippen LogP contribution >= 0.6 is 0 Å². The van der Waals surface area contributed by atoms with E-state index in [0.717, 1.165) is 22.9 Å². The van der Waals surface area contributed by atoms with Crippen molar-refractivity contribution in [3.8, 4) is 28.3 Å². The van der Waals surface area contributed by atoms with Crippen LogP contribution in [0.25, 0.3) is 22.3 Å². The quantitative estimate of drug-likeness (QED) is 0.274. The molecule has 4 heterocycles. The maximum atomic E-state index is 15.3. The van der Waals surface area contributed by atoms with Crippen molar-refractivity contribution < 1.29 is 18.3 Å². The van der Waals surface area contributed by atoms with Gasteiger partial charge in [-0.25, -0.2) is 18.0 Å². The van der Waals surface area contributed by atoms with Crippen LogP contribution in [0.1, 0.15) is 21.7 Å². The van der Waals surface area contributed by atoms with E-state index in [9.17, 15) is 14.0 Å². The Bertz CT molecular complexity index is 2030. The van der Waals surface area contributed by atoms with E-state index in [1.54, 1.807) is 43.1 Å². The fourth-order valence-corrected chi connectivity index (χ4v) is 4.77. The van der Waals surface area contributed by atoms with Crippen LogP contribution in [0, 0.1) is 25.5 Å². The Labute approximate surface area is 238 Å². The first-order chi connectivity index (χ1) is 20.2. The van der Waals surface area contributed by atoms with Crippen LogP contribution in [0.15, 0.2) is 90.1 Å². The SMILES string of the molecule is Cc1ccc(-c2ccn3nccc(Oc4ccc(NC(=O)c5c(C)n(C)n(-c6ccc(F)cc6)c5=O)cc4F)c23)cn1. The second kappa shape index (κ2) is 10.4. The lowest BCUT2D eigenvalue weighted by Crippen LogP contribution is -2.25. The summed E-state index contributed by atoms with van der Waals surface area (Å²) >= 11 is 0. The molecule has 210 valence electrons. The van der Waals surface area contributed by atoms with E-state index in [1.165, 1.54) is 45.8 Å². The first-order valence-corrected chi connectivity index (χ1v) is 12.9. The van der Waals surface area contributed by atoms with Gasteiger partial charge in [0.15, 0.2) is 17.3 Å². The fraction of sp³-hybridized carbons (Fsp3) is 0.0968. The molecular formula is C31H24F2N6O3. The van der Waals surface area contributed by atoms with Crippen molar-refractivity contribution in [1.82, 2.24) is 24.0 Å². The molecule has 9 nitrogen and oxygen atoms in total. The Morgan fingerprint density at radius 2 is 1.74 bits per heavy atom. The summed E-state index contributed by atoms with van der Waals surface area (Å²) in [6, 6.07) is 16.7. The molecule has 1 amide bonds. The Balaban J connectivity index is 1.27. The van der Waals surface area contributed by atoms with E-state index in [1.807, 2.05) is 25.1 Å². The second-order valence-electron chi connectivity index (χ2n) is 9.69. The van der Waals surface area contributed by atoms with E-state index in [4.69, 9.17) is 4.74 Å². The maximum Gasteiger partial charge on any atom is 0.284 e. The predicted molar refractivity (Wildman–Crippen MR) is 153 cm³/mol. The molecule has 0 aliphatic rings. The zero-order valence-corrected chi connectivity index (χ0v) is 22.8. The van der Waals surface area contributed by atoms with Crippen LogP contribution in [0.3, 0.4) is 0 Å². The third-order valence-electron chi connectivity index (χ3n) is 7.00. The van der Waals surface area contributed by atoms with Crippen molar-refractivity contribution >= 4 is 17.1 Å². The van der Waals surface area contributed by atoms with Crippen molar-refractivity contribution in [2.45, 2.75) is 13.8 Å². The first-order valence-electron chi connectivity index (χ1n) is 12.9. The number of fused-ring (bicyclic) bond motifs is 1. The molecule has 0 unspecified atom stereocenters. The summed E-state index contributed by atoms with van der Waals surface area (Å²) in [6.07, 6.45) is 5.08. The average Bonchev–Trinajstić information content (AvgIpc) is 3.50. The van der Waals surface area contributed by atoms with Gasteiger partial charge >= 0.3 is 0 Å².